The van der Waals surface area contributed by atoms with Crippen molar-refractivity contribution in [1.82, 2.24) is 14.5 Å². The van der Waals surface area contributed by atoms with Gasteiger partial charge in [-0.05, 0) is 50.9 Å². The van der Waals surface area contributed by atoms with E-state index in [9.17, 15) is 4.79 Å². The second-order valence-corrected chi connectivity index (χ2v) is 6.34. The Morgan fingerprint density at radius 3 is 2.56 bits per heavy atom. The first-order chi connectivity index (χ1) is 12.0. The molecule has 0 bridgehead atoms. The molecule has 0 aliphatic carbocycles. The van der Waals surface area contributed by atoms with E-state index in [1.807, 2.05) is 31.2 Å². The summed E-state index contributed by atoms with van der Waals surface area (Å²) in [5, 5.41) is 9.09. The summed E-state index contributed by atoms with van der Waals surface area (Å²) in [6.45, 7) is 8.22. The van der Waals surface area contributed by atoms with Gasteiger partial charge in [-0.2, -0.15) is 4.98 Å². The second-order valence-electron chi connectivity index (χ2n) is 6.34. The molecular formula is C19H28N4O2. The van der Waals surface area contributed by atoms with Crippen molar-refractivity contribution in [3.05, 3.63) is 52.1 Å². The Labute approximate surface area is 148 Å². The smallest absolute Gasteiger partial charge is 0.354 e. The van der Waals surface area contributed by atoms with Crippen LogP contribution in [0.1, 0.15) is 43.9 Å². The van der Waals surface area contributed by atoms with E-state index in [2.05, 4.69) is 23.7 Å². The Balaban J connectivity index is 2.24. The largest absolute Gasteiger partial charge is 0.396 e. The highest BCUT2D eigenvalue weighted by Crippen LogP contribution is 2.22. The van der Waals surface area contributed by atoms with Gasteiger partial charge in [-0.15, -0.1) is 0 Å². The lowest BCUT2D eigenvalue weighted by atomic mass is 10.1. The van der Waals surface area contributed by atoms with Gasteiger partial charge in [-0.1, -0.05) is 19.1 Å². The third-order valence-corrected chi connectivity index (χ3v) is 4.46. The number of hydrogen-bond acceptors (Lipinski definition) is 5. The average molecular weight is 344 g/mol. The summed E-state index contributed by atoms with van der Waals surface area (Å²) in [5.41, 5.74) is 8.04. The van der Waals surface area contributed by atoms with Crippen molar-refractivity contribution in [2.45, 2.75) is 39.7 Å². The van der Waals surface area contributed by atoms with Crippen LogP contribution in [0.3, 0.4) is 0 Å². The number of aryl methyl sites for hydroxylation is 1. The van der Waals surface area contributed by atoms with Crippen molar-refractivity contribution in [1.29, 1.82) is 0 Å². The number of aliphatic hydroxyl groups is 1. The number of nitrogens with two attached hydrogens (primary N) is 1. The number of aromatic nitrogens is 2. The van der Waals surface area contributed by atoms with E-state index in [1.54, 1.807) is 6.20 Å². The molecule has 0 aliphatic rings. The standard InChI is InChI=1S/C19H28N4O2/c1-4-10-22(11-5-12-24)15(3)16-6-8-17(9-7-16)23-13-14(2)18(20)21-19(23)25/h6-9,13,15,24H,4-5,10-12H2,1-3H3,(H2,20,21,25). The summed E-state index contributed by atoms with van der Waals surface area (Å²) in [4.78, 5) is 18.3. The molecule has 136 valence electrons. The zero-order chi connectivity index (χ0) is 18.4. The van der Waals surface area contributed by atoms with Crippen molar-refractivity contribution in [3.8, 4) is 5.69 Å². The molecule has 6 nitrogen and oxygen atoms in total. The Hall–Kier alpha value is -2.18. The molecule has 0 spiro atoms. The molecule has 0 radical (unpaired) electrons. The molecule has 1 atom stereocenters. The molecule has 3 N–H and O–H groups in total. The SMILES string of the molecule is CCCN(CCCO)C(C)c1ccc(-n2cc(C)c(N)nc2=O)cc1. The minimum absolute atomic E-state index is 0.207. The van der Waals surface area contributed by atoms with Gasteiger partial charge in [-0.25, -0.2) is 4.79 Å². The number of hydrogen-bond donors (Lipinski definition) is 2. The van der Waals surface area contributed by atoms with E-state index in [0.29, 0.717) is 0 Å². The van der Waals surface area contributed by atoms with Gasteiger partial charge in [0.2, 0.25) is 0 Å². The van der Waals surface area contributed by atoms with E-state index in [0.717, 1.165) is 37.2 Å². The summed E-state index contributed by atoms with van der Waals surface area (Å²) in [7, 11) is 0. The molecule has 2 aromatic rings. The highest BCUT2D eigenvalue weighted by atomic mass is 16.3. The highest BCUT2D eigenvalue weighted by Gasteiger charge is 2.15. The Morgan fingerprint density at radius 2 is 1.96 bits per heavy atom. The molecule has 0 amide bonds. The van der Waals surface area contributed by atoms with Crippen LogP contribution in [-0.2, 0) is 0 Å². The van der Waals surface area contributed by atoms with Gasteiger partial charge in [0.15, 0.2) is 0 Å². The molecule has 0 saturated carbocycles. The Morgan fingerprint density at radius 1 is 1.28 bits per heavy atom. The molecule has 1 aromatic heterocycles. The van der Waals surface area contributed by atoms with Crippen LogP contribution in [0.25, 0.3) is 5.69 Å². The van der Waals surface area contributed by atoms with Crippen molar-refractivity contribution < 1.29 is 5.11 Å². The molecule has 1 aromatic carbocycles. The molecule has 2 rings (SSSR count). The number of nitrogens with zero attached hydrogens (tertiary/aromatic N) is 3. The van der Waals surface area contributed by atoms with E-state index < -0.39 is 0 Å². The van der Waals surface area contributed by atoms with Crippen LogP contribution >= 0.6 is 0 Å². The van der Waals surface area contributed by atoms with Gasteiger partial charge in [0.05, 0.1) is 5.69 Å². The van der Waals surface area contributed by atoms with Gasteiger partial charge < -0.3 is 10.8 Å². The van der Waals surface area contributed by atoms with E-state index in [1.165, 1.54) is 10.1 Å². The molecule has 0 saturated heterocycles. The van der Waals surface area contributed by atoms with Crippen LogP contribution in [-0.4, -0.2) is 39.3 Å². The van der Waals surface area contributed by atoms with Crippen molar-refractivity contribution >= 4 is 5.82 Å². The third kappa shape index (κ3) is 4.67. The summed E-state index contributed by atoms with van der Waals surface area (Å²) in [5.74, 6) is 0.269. The quantitative estimate of drug-likeness (QED) is 0.767. The fourth-order valence-electron chi connectivity index (χ4n) is 2.93. The number of anilines is 1. The van der Waals surface area contributed by atoms with Crippen LogP contribution in [0.4, 0.5) is 5.82 Å². The van der Waals surface area contributed by atoms with Crippen LogP contribution in [0, 0.1) is 6.92 Å². The monoisotopic (exact) mass is 344 g/mol. The summed E-state index contributed by atoms with van der Waals surface area (Å²) in [6.07, 6.45) is 3.56. The van der Waals surface area contributed by atoms with Gasteiger partial charge in [-0.3, -0.25) is 9.47 Å². The van der Waals surface area contributed by atoms with Gasteiger partial charge >= 0.3 is 5.69 Å². The minimum Gasteiger partial charge on any atom is -0.396 e. The molecular weight excluding hydrogens is 316 g/mol. The molecule has 25 heavy (non-hydrogen) atoms. The predicted octanol–water partition coefficient (Wildman–Crippen LogP) is 2.28. The fraction of sp³-hybridized carbons (Fsp3) is 0.474. The first kappa shape index (κ1) is 19.1. The topological polar surface area (TPSA) is 84.4 Å². The molecule has 0 aliphatic heterocycles. The molecule has 0 fully saturated rings. The number of nitrogen functional groups attached to an aromatic ring is 1. The van der Waals surface area contributed by atoms with Crippen molar-refractivity contribution in [3.63, 3.8) is 0 Å². The van der Waals surface area contributed by atoms with Gasteiger partial charge in [0, 0.05) is 31.0 Å². The van der Waals surface area contributed by atoms with Gasteiger partial charge in [0.1, 0.15) is 5.82 Å². The molecule has 6 heteroatoms. The number of benzene rings is 1. The fourth-order valence-corrected chi connectivity index (χ4v) is 2.93. The molecule has 1 unspecified atom stereocenters. The maximum Gasteiger partial charge on any atom is 0.354 e. The maximum absolute atomic E-state index is 12.1. The normalized spacial score (nSPS) is 12.5. The van der Waals surface area contributed by atoms with Crippen LogP contribution in [0.2, 0.25) is 0 Å². The van der Waals surface area contributed by atoms with Crippen LogP contribution < -0.4 is 11.4 Å². The van der Waals surface area contributed by atoms with E-state index in [4.69, 9.17) is 10.8 Å². The number of rotatable bonds is 8. The average Bonchev–Trinajstić information content (AvgIpc) is 2.61. The van der Waals surface area contributed by atoms with E-state index in [-0.39, 0.29) is 24.2 Å². The number of aliphatic hydroxyl groups excluding tert-OH is 1. The maximum atomic E-state index is 12.1. The Bertz CT molecular complexity index is 740. The summed E-state index contributed by atoms with van der Waals surface area (Å²) in [6, 6.07) is 8.20. The lowest BCUT2D eigenvalue weighted by molar-refractivity contribution is 0.183. The zero-order valence-corrected chi connectivity index (χ0v) is 15.3. The third-order valence-electron chi connectivity index (χ3n) is 4.46. The summed E-state index contributed by atoms with van der Waals surface area (Å²) >= 11 is 0. The van der Waals surface area contributed by atoms with Crippen LogP contribution in [0.5, 0.6) is 0 Å². The minimum atomic E-state index is -0.376. The lowest BCUT2D eigenvalue weighted by Gasteiger charge is -2.29. The predicted molar refractivity (Wildman–Crippen MR) is 101 cm³/mol. The van der Waals surface area contributed by atoms with Crippen LogP contribution in [0.15, 0.2) is 35.3 Å². The highest BCUT2D eigenvalue weighted by molar-refractivity contribution is 5.40. The summed E-state index contributed by atoms with van der Waals surface area (Å²) < 4.78 is 1.51. The first-order valence-electron chi connectivity index (χ1n) is 8.79. The first-order valence-corrected chi connectivity index (χ1v) is 8.79. The van der Waals surface area contributed by atoms with E-state index >= 15 is 0 Å². The Kier molecular flexibility index (Phi) is 6.73. The second kappa shape index (κ2) is 8.78. The zero-order valence-electron chi connectivity index (χ0n) is 15.3. The van der Waals surface area contributed by atoms with Crippen molar-refractivity contribution in [2.75, 3.05) is 25.4 Å². The van der Waals surface area contributed by atoms with Crippen molar-refractivity contribution in [2.24, 2.45) is 0 Å². The van der Waals surface area contributed by atoms with Gasteiger partial charge in [0.25, 0.3) is 0 Å². The molecule has 1 heterocycles. The lowest BCUT2D eigenvalue weighted by Crippen LogP contribution is -2.29.